The molecule has 0 atom stereocenters. The number of halogens is 6. The predicted octanol–water partition coefficient (Wildman–Crippen LogP) is 4.84. The summed E-state index contributed by atoms with van der Waals surface area (Å²) in [7, 11) is 0. The van der Waals surface area contributed by atoms with Gasteiger partial charge >= 0.3 is 0 Å². The van der Waals surface area contributed by atoms with E-state index in [0.29, 0.717) is 26.1 Å². The number of rotatable bonds is 6. The zero-order valence-corrected chi connectivity index (χ0v) is 17.3. The van der Waals surface area contributed by atoms with Crippen LogP contribution in [0.5, 0.6) is 0 Å². The van der Waals surface area contributed by atoms with Crippen LogP contribution < -0.4 is 0 Å². The van der Waals surface area contributed by atoms with Gasteiger partial charge in [-0.05, 0) is 23.1 Å². The number of aromatic nitrogens is 4. The van der Waals surface area contributed by atoms with Crippen molar-refractivity contribution in [3.05, 3.63) is 21.7 Å². The van der Waals surface area contributed by atoms with Gasteiger partial charge in [0.15, 0.2) is 11.6 Å². The summed E-state index contributed by atoms with van der Waals surface area (Å²) in [5.74, 6) is 0.353. The topological polar surface area (TPSA) is 60.8 Å². The summed E-state index contributed by atoms with van der Waals surface area (Å²) in [6.07, 6.45) is 1.15. The Morgan fingerprint density at radius 1 is 0.739 bits per heavy atom. The van der Waals surface area contributed by atoms with Crippen molar-refractivity contribution in [2.45, 2.75) is 20.4 Å². The Balaban J connectivity index is 1.70. The van der Waals surface area contributed by atoms with Crippen LogP contribution in [0.15, 0.2) is 0 Å². The van der Waals surface area contributed by atoms with E-state index in [1.807, 2.05) is 0 Å². The minimum atomic E-state index is -1.60. The van der Waals surface area contributed by atoms with E-state index in [1.54, 1.807) is 0 Å². The lowest BCUT2D eigenvalue weighted by Gasteiger charge is -2.04. The molecule has 13 heteroatoms. The number of hydrogen-bond acceptors (Lipinski definition) is 7. The second-order valence-corrected chi connectivity index (χ2v) is 10.4. The molecule has 0 saturated carbocycles. The summed E-state index contributed by atoms with van der Waals surface area (Å²) >= 11 is 36.5. The Hall–Kier alpha value is 0.820. The van der Waals surface area contributed by atoms with Crippen molar-refractivity contribution in [1.29, 1.82) is 0 Å². The molecule has 0 spiro atoms. The van der Waals surface area contributed by atoms with Gasteiger partial charge in [-0.1, -0.05) is 69.6 Å². The van der Waals surface area contributed by atoms with E-state index in [4.69, 9.17) is 74.3 Å². The molecule has 0 saturated heterocycles. The highest BCUT2D eigenvalue weighted by atomic mass is 35.6. The number of ether oxygens (including phenoxy) is 1. The molecule has 0 aliphatic carbocycles. The lowest BCUT2D eigenvalue weighted by atomic mass is 10.4. The first-order chi connectivity index (χ1) is 10.7. The van der Waals surface area contributed by atoms with E-state index in [1.165, 1.54) is 23.1 Å². The summed E-state index contributed by atoms with van der Waals surface area (Å²) < 4.78 is 10.3. The zero-order chi connectivity index (χ0) is 17.1. The van der Waals surface area contributed by atoms with Gasteiger partial charge in [-0.2, -0.15) is 8.75 Å². The van der Waals surface area contributed by atoms with E-state index in [0.717, 1.165) is 10.0 Å². The average molecular weight is 477 g/mol. The second kappa shape index (κ2) is 8.47. The normalized spacial score (nSPS) is 12.8. The maximum Gasteiger partial charge on any atom is 0.251 e. The maximum atomic E-state index is 5.70. The smallest absolute Gasteiger partial charge is 0.251 e. The highest BCUT2D eigenvalue weighted by molar-refractivity contribution is 7.05. The molecule has 0 unspecified atom stereocenters. The van der Waals surface area contributed by atoms with E-state index >= 15 is 0 Å². The van der Waals surface area contributed by atoms with Crippen molar-refractivity contribution in [1.82, 2.24) is 18.7 Å². The molecule has 128 valence electrons. The first-order valence-corrected chi connectivity index (χ1v) is 9.85. The molecule has 2 heterocycles. The minimum absolute atomic E-state index is 0.176. The molecule has 2 aromatic heterocycles. The quantitative estimate of drug-likeness (QED) is 0.440. The molecular formula is C10H8Cl6N4OS2. The molecule has 2 rings (SSSR count). The van der Waals surface area contributed by atoms with E-state index < -0.39 is 7.59 Å². The molecule has 23 heavy (non-hydrogen) atoms. The predicted molar refractivity (Wildman–Crippen MR) is 96.5 cm³/mol. The first kappa shape index (κ1) is 20.1. The van der Waals surface area contributed by atoms with Gasteiger partial charge in [-0.15, -0.1) is 0 Å². The van der Waals surface area contributed by atoms with Crippen LogP contribution in [0.25, 0.3) is 0 Å². The highest BCUT2D eigenvalue weighted by Gasteiger charge is 2.29. The highest BCUT2D eigenvalue weighted by Crippen LogP contribution is 2.37. The Bertz CT molecular complexity index is 584. The third-order valence-electron chi connectivity index (χ3n) is 2.36. The van der Waals surface area contributed by atoms with Crippen LogP contribution in [0.4, 0.5) is 0 Å². The van der Waals surface area contributed by atoms with Crippen molar-refractivity contribution in [3.8, 4) is 0 Å². The number of alkyl halides is 6. The summed E-state index contributed by atoms with van der Waals surface area (Å²) in [6, 6.07) is 0. The molecule has 5 nitrogen and oxygen atoms in total. The summed E-state index contributed by atoms with van der Waals surface area (Å²) in [5.41, 5.74) is 0. The minimum Gasteiger partial charge on any atom is -0.381 e. The van der Waals surface area contributed by atoms with Gasteiger partial charge in [0.25, 0.3) is 7.59 Å². The SMILES string of the molecule is ClC(Cl)(Cl)c1nsc(CCOCCc2nc(C(Cl)(Cl)Cl)ns2)n1. The fourth-order valence-electron chi connectivity index (χ4n) is 1.36. The van der Waals surface area contributed by atoms with Crippen LogP contribution in [0.2, 0.25) is 0 Å². The van der Waals surface area contributed by atoms with Gasteiger partial charge in [0.2, 0.25) is 0 Å². The Kier molecular flexibility index (Phi) is 7.41. The van der Waals surface area contributed by atoms with Gasteiger partial charge in [-0.25, -0.2) is 9.97 Å². The number of nitrogens with zero attached hydrogens (tertiary/aromatic N) is 4. The summed E-state index contributed by atoms with van der Waals surface area (Å²) in [5, 5.41) is 1.47. The maximum absolute atomic E-state index is 5.70. The fraction of sp³-hybridized carbons (Fsp3) is 0.600. The van der Waals surface area contributed by atoms with Crippen LogP contribution in [-0.2, 0) is 25.2 Å². The number of hydrogen-bond donors (Lipinski definition) is 0. The van der Waals surface area contributed by atoms with Crippen molar-refractivity contribution >= 4 is 92.7 Å². The Morgan fingerprint density at radius 3 is 1.43 bits per heavy atom. The Morgan fingerprint density at radius 2 is 1.13 bits per heavy atom. The average Bonchev–Trinajstić information content (AvgIpc) is 3.05. The third kappa shape index (κ3) is 6.56. The van der Waals surface area contributed by atoms with E-state index in [9.17, 15) is 0 Å². The summed E-state index contributed by atoms with van der Waals surface area (Å²) in [6.45, 7) is 0.926. The molecule has 0 aromatic carbocycles. The first-order valence-electron chi connectivity index (χ1n) is 6.03. The van der Waals surface area contributed by atoms with Crippen molar-refractivity contribution < 1.29 is 4.74 Å². The monoisotopic (exact) mass is 474 g/mol. The molecule has 0 amide bonds. The van der Waals surface area contributed by atoms with E-state index in [-0.39, 0.29) is 11.6 Å². The van der Waals surface area contributed by atoms with Crippen LogP contribution in [-0.4, -0.2) is 31.9 Å². The van der Waals surface area contributed by atoms with Gasteiger partial charge in [0, 0.05) is 12.8 Å². The lowest BCUT2D eigenvalue weighted by molar-refractivity contribution is 0.140. The van der Waals surface area contributed by atoms with Crippen LogP contribution in [0.3, 0.4) is 0 Å². The molecule has 0 aliphatic heterocycles. The van der Waals surface area contributed by atoms with Gasteiger partial charge in [0.1, 0.15) is 10.0 Å². The summed E-state index contributed by atoms with van der Waals surface area (Å²) in [4.78, 5) is 8.27. The lowest BCUT2D eigenvalue weighted by Crippen LogP contribution is -2.05. The van der Waals surface area contributed by atoms with Crippen LogP contribution in [0, 0.1) is 0 Å². The van der Waals surface area contributed by atoms with Crippen molar-refractivity contribution in [2.24, 2.45) is 0 Å². The van der Waals surface area contributed by atoms with Crippen LogP contribution in [0.1, 0.15) is 21.7 Å². The molecule has 0 radical (unpaired) electrons. The molecule has 0 fully saturated rings. The van der Waals surface area contributed by atoms with Gasteiger partial charge in [-0.3, -0.25) is 0 Å². The molecule has 0 bridgehead atoms. The zero-order valence-electron chi connectivity index (χ0n) is 11.1. The molecule has 0 aliphatic rings. The fourth-order valence-corrected chi connectivity index (χ4v) is 3.51. The van der Waals surface area contributed by atoms with E-state index in [2.05, 4.69) is 18.7 Å². The molecular weight excluding hydrogens is 469 g/mol. The van der Waals surface area contributed by atoms with Gasteiger partial charge < -0.3 is 4.74 Å². The van der Waals surface area contributed by atoms with Gasteiger partial charge in [0.05, 0.1) is 13.2 Å². The van der Waals surface area contributed by atoms with Crippen molar-refractivity contribution in [3.63, 3.8) is 0 Å². The largest absolute Gasteiger partial charge is 0.381 e. The van der Waals surface area contributed by atoms with Crippen molar-refractivity contribution in [2.75, 3.05) is 13.2 Å². The molecule has 2 aromatic rings. The second-order valence-electron chi connectivity index (χ2n) is 4.13. The standard InChI is InChI=1S/C10H8Cl6N4OS2/c11-9(12,13)7-17-5(22-19-7)1-3-21-4-2-6-18-8(20-23-6)10(14,15)16/h1-4H2. The Labute approximate surface area is 170 Å². The van der Waals surface area contributed by atoms with Crippen LogP contribution >= 0.6 is 92.7 Å². The third-order valence-corrected chi connectivity index (χ3v) is 4.92. The molecule has 0 N–H and O–H groups in total.